The van der Waals surface area contributed by atoms with E-state index >= 15 is 0 Å². The summed E-state index contributed by atoms with van der Waals surface area (Å²) in [5.74, 6) is -0.875. The summed E-state index contributed by atoms with van der Waals surface area (Å²) in [5, 5.41) is -0.0191. The van der Waals surface area contributed by atoms with E-state index in [4.69, 9.17) is 11.6 Å². The van der Waals surface area contributed by atoms with E-state index in [2.05, 4.69) is 4.90 Å². The molecule has 9 heteroatoms. The van der Waals surface area contributed by atoms with Crippen LogP contribution >= 0.6 is 11.6 Å². The van der Waals surface area contributed by atoms with Crippen molar-refractivity contribution in [3.8, 4) is 0 Å². The monoisotopic (exact) mass is 377 g/mol. The molecule has 1 saturated heterocycles. The lowest BCUT2D eigenvalue weighted by atomic mass is 10.1. The highest BCUT2D eigenvalue weighted by Crippen LogP contribution is 2.35. The smallest absolute Gasteiger partial charge is 0.339 e. The normalized spacial score (nSPS) is 16.0. The van der Waals surface area contributed by atoms with Crippen LogP contribution in [0.1, 0.15) is 12.5 Å². The lowest BCUT2D eigenvalue weighted by molar-refractivity contribution is -0.137. The molecule has 0 N–H and O–H groups in total. The van der Waals surface area contributed by atoms with Gasteiger partial charge in [0.1, 0.15) is 6.54 Å². The second-order valence-corrected chi connectivity index (χ2v) is 6.36. The third-order valence-electron chi connectivity index (χ3n) is 4.09. The van der Waals surface area contributed by atoms with E-state index in [9.17, 15) is 22.8 Å². The van der Waals surface area contributed by atoms with Crippen molar-refractivity contribution in [2.24, 2.45) is 0 Å². The van der Waals surface area contributed by atoms with Crippen LogP contribution in [0.3, 0.4) is 0 Å². The third kappa shape index (κ3) is 4.85. The average Bonchev–Trinajstić information content (AvgIpc) is 2.52. The van der Waals surface area contributed by atoms with Gasteiger partial charge >= 0.3 is 6.18 Å². The molecule has 0 spiro atoms. The van der Waals surface area contributed by atoms with Crippen LogP contribution in [-0.2, 0) is 15.8 Å². The topological polar surface area (TPSA) is 43.9 Å². The Labute approximate surface area is 148 Å². The van der Waals surface area contributed by atoms with Crippen molar-refractivity contribution in [3.63, 3.8) is 0 Å². The number of hydrogen-bond donors (Lipinski definition) is 0. The number of nitrogens with zero attached hydrogens (tertiary/aromatic N) is 3. The first-order valence-corrected chi connectivity index (χ1v) is 8.08. The van der Waals surface area contributed by atoms with Crippen molar-refractivity contribution in [3.05, 3.63) is 28.8 Å². The van der Waals surface area contributed by atoms with Crippen molar-refractivity contribution < 1.29 is 22.8 Å². The predicted octanol–water partition coefficient (Wildman–Crippen LogP) is 2.49. The lowest BCUT2D eigenvalue weighted by Gasteiger charge is -2.34. The zero-order chi connectivity index (χ0) is 18.8. The van der Waals surface area contributed by atoms with Crippen molar-refractivity contribution in [2.75, 3.05) is 44.7 Å². The maximum Gasteiger partial charge on any atom is 0.416 e. The minimum atomic E-state index is -4.57. The van der Waals surface area contributed by atoms with Crippen molar-refractivity contribution >= 4 is 29.1 Å². The van der Waals surface area contributed by atoms with Crippen LogP contribution < -0.4 is 4.90 Å². The summed E-state index contributed by atoms with van der Waals surface area (Å²) < 4.78 is 38.8. The highest BCUT2D eigenvalue weighted by Gasteiger charge is 2.32. The maximum atomic E-state index is 12.9. The number of likely N-dealkylation sites (N-methyl/N-ethyl adjacent to an activating group) is 1. The van der Waals surface area contributed by atoms with Gasteiger partial charge in [-0.2, -0.15) is 13.2 Å². The summed E-state index contributed by atoms with van der Waals surface area (Å²) in [5.41, 5.74) is -1.04. The molecule has 0 aliphatic carbocycles. The number of carbonyl (C=O) groups excluding carboxylic acids is 2. The summed E-state index contributed by atoms with van der Waals surface area (Å²) >= 11 is 5.98. The molecule has 1 aliphatic heterocycles. The number of piperazine rings is 1. The fraction of sp³-hybridized carbons (Fsp3) is 0.500. The second kappa shape index (κ2) is 7.61. The molecule has 138 valence electrons. The molecule has 0 unspecified atom stereocenters. The molecule has 25 heavy (non-hydrogen) atoms. The summed E-state index contributed by atoms with van der Waals surface area (Å²) in [6.07, 6.45) is -4.57. The Balaban J connectivity index is 2.23. The standard InChI is InChI=1S/C16H19ClF3N3O2/c1-11(24)23(10-15(25)22-7-5-21(2)6-8-22)14-9-12(16(18,19)20)3-4-13(14)17/h3-4,9H,5-8,10H2,1-2H3. The van der Waals surface area contributed by atoms with Gasteiger partial charge in [0.2, 0.25) is 11.8 Å². The summed E-state index contributed by atoms with van der Waals surface area (Å²) in [4.78, 5) is 29.0. The molecular formula is C16H19ClF3N3O2. The van der Waals surface area contributed by atoms with Gasteiger partial charge in [0, 0.05) is 33.1 Å². The Hall–Kier alpha value is -1.80. The lowest BCUT2D eigenvalue weighted by Crippen LogP contribution is -2.50. The second-order valence-electron chi connectivity index (χ2n) is 5.95. The van der Waals surface area contributed by atoms with Gasteiger partial charge in [-0.25, -0.2) is 0 Å². The minimum Gasteiger partial charge on any atom is -0.339 e. The van der Waals surface area contributed by atoms with E-state index in [-0.39, 0.29) is 23.2 Å². The Morgan fingerprint density at radius 2 is 1.80 bits per heavy atom. The van der Waals surface area contributed by atoms with E-state index in [0.29, 0.717) is 26.2 Å². The Morgan fingerprint density at radius 1 is 1.20 bits per heavy atom. The van der Waals surface area contributed by atoms with Gasteiger partial charge < -0.3 is 14.7 Å². The van der Waals surface area contributed by atoms with Crippen LogP contribution in [-0.4, -0.2) is 61.4 Å². The molecule has 1 aliphatic rings. The molecular weight excluding hydrogens is 359 g/mol. The van der Waals surface area contributed by atoms with Crippen LogP contribution in [0.4, 0.5) is 18.9 Å². The van der Waals surface area contributed by atoms with Gasteiger partial charge in [0.15, 0.2) is 0 Å². The molecule has 5 nitrogen and oxygen atoms in total. The molecule has 0 bridgehead atoms. The fourth-order valence-electron chi connectivity index (χ4n) is 2.55. The number of alkyl halides is 3. The van der Waals surface area contributed by atoms with Crippen molar-refractivity contribution in [2.45, 2.75) is 13.1 Å². The van der Waals surface area contributed by atoms with Crippen LogP contribution in [0, 0.1) is 0 Å². The van der Waals surface area contributed by atoms with Gasteiger partial charge in [-0.05, 0) is 25.2 Å². The highest BCUT2D eigenvalue weighted by atomic mass is 35.5. The van der Waals surface area contributed by atoms with E-state index in [1.165, 1.54) is 6.92 Å². The molecule has 1 fully saturated rings. The fourth-order valence-corrected chi connectivity index (χ4v) is 2.77. The summed E-state index contributed by atoms with van der Waals surface area (Å²) in [7, 11) is 1.94. The quantitative estimate of drug-likeness (QED) is 0.813. The van der Waals surface area contributed by atoms with Crippen molar-refractivity contribution in [1.29, 1.82) is 0 Å². The maximum absolute atomic E-state index is 12.9. The number of halogens is 4. The van der Waals surface area contributed by atoms with Crippen LogP contribution in [0.5, 0.6) is 0 Å². The molecule has 2 amide bonds. The molecule has 0 aromatic heterocycles. The van der Waals surface area contributed by atoms with Gasteiger partial charge in [-0.15, -0.1) is 0 Å². The largest absolute Gasteiger partial charge is 0.416 e. The van der Waals surface area contributed by atoms with E-state index in [1.54, 1.807) is 4.90 Å². The van der Waals surface area contributed by atoms with E-state index in [0.717, 1.165) is 23.1 Å². The van der Waals surface area contributed by atoms with E-state index in [1.807, 2.05) is 7.05 Å². The van der Waals surface area contributed by atoms with Gasteiger partial charge in [-0.3, -0.25) is 9.59 Å². The van der Waals surface area contributed by atoms with Crippen LogP contribution in [0.25, 0.3) is 0 Å². The highest BCUT2D eigenvalue weighted by molar-refractivity contribution is 6.34. The third-order valence-corrected chi connectivity index (χ3v) is 4.41. The molecule has 2 rings (SSSR count). The number of carbonyl (C=O) groups is 2. The van der Waals surface area contributed by atoms with Gasteiger partial charge in [0.25, 0.3) is 0 Å². The zero-order valence-corrected chi connectivity index (χ0v) is 14.7. The van der Waals surface area contributed by atoms with E-state index < -0.39 is 17.6 Å². The first-order valence-electron chi connectivity index (χ1n) is 7.70. The van der Waals surface area contributed by atoms with Crippen molar-refractivity contribution in [1.82, 2.24) is 9.80 Å². The first kappa shape index (κ1) is 19.5. The van der Waals surface area contributed by atoms with Crippen LogP contribution in [0.15, 0.2) is 18.2 Å². The molecule has 1 aromatic rings. The van der Waals surface area contributed by atoms with Gasteiger partial charge in [0.05, 0.1) is 16.3 Å². The summed E-state index contributed by atoms with van der Waals surface area (Å²) in [6, 6.07) is 2.71. The molecule has 0 saturated carbocycles. The number of anilines is 1. The molecule has 1 aromatic carbocycles. The molecule has 0 atom stereocenters. The number of hydrogen-bond acceptors (Lipinski definition) is 3. The number of benzene rings is 1. The first-order chi connectivity index (χ1) is 11.6. The Bertz CT molecular complexity index is 659. The minimum absolute atomic E-state index is 0.0191. The Kier molecular flexibility index (Phi) is 5.95. The number of rotatable bonds is 3. The molecule has 0 radical (unpaired) electrons. The predicted molar refractivity (Wildman–Crippen MR) is 88.6 cm³/mol. The molecule has 1 heterocycles. The average molecular weight is 378 g/mol. The van der Waals surface area contributed by atoms with Gasteiger partial charge in [-0.1, -0.05) is 11.6 Å². The summed E-state index contributed by atoms with van der Waals surface area (Å²) in [6.45, 7) is 3.27. The van der Waals surface area contributed by atoms with Crippen LogP contribution in [0.2, 0.25) is 5.02 Å². The zero-order valence-electron chi connectivity index (χ0n) is 13.9. The SMILES string of the molecule is CC(=O)N(CC(=O)N1CCN(C)CC1)c1cc(C(F)(F)F)ccc1Cl. The number of amides is 2. The Morgan fingerprint density at radius 3 is 2.32 bits per heavy atom.